The summed E-state index contributed by atoms with van der Waals surface area (Å²) in [7, 11) is 0. The summed E-state index contributed by atoms with van der Waals surface area (Å²) in [5.41, 5.74) is 4.27. The molecule has 1 heteroatoms. The maximum Gasteiger partial charge on any atom is 0.0250 e. The Kier molecular flexibility index (Phi) is 1.84. The lowest BCUT2D eigenvalue weighted by atomic mass is 9.99. The average Bonchev–Trinajstić information content (AvgIpc) is 2.32. The van der Waals surface area contributed by atoms with Crippen LogP contribution in [0.2, 0.25) is 0 Å². The van der Waals surface area contributed by atoms with Crippen molar-refractivity contribution in [2.45, 2.75) is 19.8 Å². The van der Waals surface area contributed by atoms with Crippen LogP contribution in [0, 0.1) is 0 Å². The minimum Gasteiger partial charge on any atom is -0.0654 e. The van der Waals surface area contributed by atoms with Crippen LogP contribution in [0.15, 0.2) is 28.2 Å². The van der Waals surface area contributed by atoms with E-state index in [4.69, 9.17) is 0 Å². The monoisotopic (exact) mass is 222 g/mol. The normalized spacial score (nSPS) is 20.6. The van der Waals surface area contributed by atoms with Crippen molar-refractivity contribution >= 4 is 22.0 Å². The average molecular weight is 223 g/mol. The van der Waals surface area contributed by atoms with E-state index in [9.17, 15) is 0 Å². The molecule has 1 atom stereocenters. The third-order valence-electron chi connectivity index (χ3n) is 2.61. The molecule has 2 rings (SSSR count). The molecule has 1 aromatic carbocycles. The molecule has 0 N–H and O–H groups in total. The lowest BCUT2D eigenvalue weighted by Gasteiger charge is -2.07. The molecule has 62 valence electrons. The Bertz CT molecular complexity index is 350. The van der Waals surface area contributed by atoms with Crippen molar-refractivity contribution < 1.29 is 0 Å². The highest BCUT2D eigenvalue weighted by Gasteiger charge is 2.18. The zero-order valence-electron chi connectivity index (χ0n) is 7.26. The van der Waals surface area contributed by atoms with Gasteiger partial charge in [-0.1, -0.05) is 46.6 Å². The van der Waals surface area contributed by atoms with Gasteiger partial charge in [-0.2, -0.15) is 0 Å². The van der Waals surface area contributed by atoms with Crippen molar-refractivity contribution in [3.8, 4) is 0 Å². The Morgan fingerprint density at radius 2 is 2.08 bits per heavy atom. The molecule has 0 saturated carbocycles. The summed E-state index contributed by atoms with van der Waals surface area (Å²) >= 11 is 3.56. The molecule has 0 spiro atoms. The maximum atomic E-state index is 3.56. The molecule has 1 aliphatic rings. The van der Waals surface area contributed by atoms with Gasteiger partial charge in [-0.15, -0.1) is 0 Å². The highest BCUT2D eigenvalue weighted by atomic mass is 79.9. The van der Waals surface area contributed by atoms with Crippen molar-refractivity contribution in [2.24, 2.45) is 0 Å². The van der Waals surface area contributed by atoms with Crippen molar-refractivity contribution in [1.82, 2.24) is 0 Å². The standard InChI is InChI=1S/C11H11Br/c1-7-6-10-9(8(7)2)4-3-5-11(10)12/h3-6,8H,1-2H3. The molecule has 0 aliphatic heterocycles. The molecule has 0 radical (unpaired) electrons. The van der Waals surface area contributed by atoms with Gasteiger partial charge in [0.05, 0.1) is 0 Å². The van der Waals surface area contributed by atoms with Crippen LogP contribution in [0.3, 0.4) is 0 Å². The first-order valence-electron chi connectivity index (χ1n) is 4.17. The van der Waals surface area contributed by atoms with E-state index in [0.717, 1.165) is 0 Å². The predicted molar refractivity (Wildman–Crippen MR) is 56.2 cm³/mol. The van der Waals surface area contributed by atoms with E-state index in [-0.39, 0.29) is 0 Å². The highest BCUT2D eigenvalue weighted by molar-refractivity contribution is 9.10. The summed E-state index contributed by atoms with van der Waals surface area (Å²) in [6.07, 6.45) is 2.27. The Morgan fingerprint density at radius 1 is 1.33 bits per heavy atom. The van der Waals surface area contributed by atoms with Gasteiger partial charge in [0.2, 0.25) is 0 Å². The lowest BCUT2D eigenvalue weighted by molar-refractivity contribution is 0.921. The van der Waals surface area contributed by atoms with E-state index in [2.05, 4.69) is 54.1 Å². The van der Waals surface area contributed by atoms with Crippen LogP contribution in [0.5, 0.6) is 0 Å². The highest BCUT2D eigenvalue weighted by Crippen LogP contribution is 2.38. The molecule has 12 heavy (non-hydrogen) atoms. The SMILES string of the molecule is CC1=Cc2c(Br)cccc2C1C. The molecule has 0 aromatic heterocycles. The van der Waals surface area contributed by atoms with Crippen LogP contribution < -0.4 is 0 Å². The number of benzene rings is 1. The van der Waals surface area contributed by atoms with Gasteiger partial charge >= 0.3 is 0 Å². The van der Waals surface area contributed by atoms with E-state index in [1.165, 1.54) is 21.2 Å². The van der Waals surface area contributed by atoms with Crippen LogP contribution in [-0.2, 0) is 0 Å². The quantitative estimate of drug-likeness (QED) is 0.624. The Balaban J connectivity index is 2.64. The topological polar surface area (TPSA) is 0 Å². The Morgan fingerprint density at radius 3 is 2.75 bits per heavy atom. The molecule has 0 nitrogen and oxygen atoms in total. The first-order valence-corrected chi connectivity index (χ1v) is 4.96. The second-order valence-corrected chi connectivity index (χ2v) is 4.21. The number of hydrogen-bond acceptors (Lipinski definition) is 0. The van der Waals surface area contributed by atoms with E-state index >= 15 is 0 Å². The summed E-state index contributed by atoms with van der Waals surface area (Å²) in [4.78, 5) is 0. The van der Waals surface area contributed by atoms with Gasteiger partial charge in [0.15, 0.2) is 0 Å². The molecule has 1 aliphatic carbocycles. The third-order valence-corrected chi connectivity index (χ3v) is 3.30. The molecule has 1 unspecified atom stereocenters. The fraction of sp³-hybridized carbons (Fsp3) is 0.273. The Labute approximate surface area is 81.4 Å². The summed E-state index contributed by atoms with van der Waals surface area (Å²) in [6, 6.07) is 6.41. The molecule has 0 fully saturated rings. The summed E-state index contributed by atoms with van der Waals surface area (Å²) in [5.74, 6) is 0.595. The van der Waals surface area contributed by atoms with Gasteiger partial charge in [-0.25, -0.2) is 0 Å². The van der Waals surface area contributed by atoms with E-state index in [1.54, 1.807) is 0 Å². The van der Waals surface area contributed by atoms with Crippen LogP contribution in [0.4, 0.5) is 0 Å². The maximum absolute atomic E-state index is 3.56. The fourth-order valence-corrected chi connectivity index (χ4v) is 2.18. The fourth-order valence-electron chi connectivity index (χ4n) is 1.68. The van der Waals surface area contributed by atoms with Gasteiger partial charge in [0, 0.05) is 10.4 Å². The molecule has 0 bridgehead atoms. The first kappa shape index (κ1) is 8.06. The number of fused-ring (bicyclic) bond motifs is 1. The zero-order valence-corrected chi connectivity index (χ0v) is 8.85. The predicted octanol–water partition coefficient (Wildman–Crippen LogP) is 3.97. The van der Waals surface area contributed by atoms with Gasteiger partial charge in [-0.3, -0.25) is 0 Å². The lowest BCUT2D eigenvalue weighted by Crippen LogP contribution is -1.89. The van der Waals surface area contributed by atoms with E-state index in [1.807, 2.05) is 0 Å². The first-order chi connectivity index (χ1) is 5.70. The van der Waals surface area contributed by atoms with Crippen molar-refractivity contribution in [1.29, 1.82) is 0 Å². The number of allylic oxidation sites excluding steroid dienone is 1. The smallest absolute Gasteiger partial charge is 0.0250 e. The van der Waals surface area contributed by atoms with E-state index in [0.29, 0.717) is 5.92 Å². The van der Waals surface area contributed by atoms with Gasteiger partial charge in [-0.05, 0) is 24.1 Å². The van der Waals surface area contributed by atoms with Crippen molar-refractivity contribution in [3.05, 3.63) is 39.4 Å². The van der Waals surface area contributed by atoms with Crippen LogP contribution in [-0.4, -0.2) is 0 Å². The largest absolute Gasteiger partial charge is 0.0654 e. The third kappa shape index (κ3) is 1.04. The minimum atomic E-state index is 0.595. The molecular weight excluding hydrogens is 212 g/mol. The van der Waals surface area contributed by atoms with Crippen LogP contribution >= 0.6 is 15.9 Å². The van der Waals surface area contributed by atoms with Crippen LogP contribution in [0.25, 0.3) is 6.08 Å². The van der Waals surface area contributed by atoms with Crippen molar-refractivity contribution in [3.63, 3.8) is 0 Å². The molecule has 0 amide bonds. The minimum absolute atomic E-state index is 0.595. The molecule has 0 heterocycles. The summed E-state index contributed by atoms with van der Waals surface area (Å²) < 4.78 is 1.21. The second kappa shape index (κ2) is 2.74. The summed E-state index contributed by atoms with van der Waals surface area (Å²) in [6.45, 7) is 4.45. The molecular formula is C11H11Br. The van der Waals surface area contributed by atoms with Crippen molar-refractivity contribution in [2.75, 3.05) is 0 Å². The number of hydrogen-bond donors (Lipinski definition) is 0. The van der Waals surface area contributed by atoms with Gasteiger partial charge in [0.25, 0.3) is 0 Å². The number of rotatable bonds is 0. The van der Waals surface area contributed by atoms with E-state index < -0.39 is 0 Å². The number of halogens is 1. The van der Waals surface area contributed by atoms with Gasteiger partial charge < -0.3 is 0 Å². The van der Waals surface area contributed by atoms with Gasteiger partial charge in [0.1, 0.15) is 0 Å². The van der Waals surface area contributed by atoms with Crippen LogP contribution in [0.1, 0.15) is 30.9 Å². The Hall–Kier alpha value is -0.560. The molecule has 0 saturated heterocycles. The zero-order chi connectivity index (χ0) is 8.72. The second-order valence-electron chi connectivity index (χ2n) is 3.35. The molecule has 1 aromatic rings. The summed E-state index contributed by atoms with van der Waals surface area (Å²) in [5, 5.41) is 0.